The van der Waals surface area contributed by atoms with Crippen molar-refractivity contribution >= 4 is 17.7 Å². The van der Waals surface area contributed by atoms with Gasteiger partial charge in [0.1, 0.15) is 5.76 Å². The van der Waals surface area contributed by atoms with Gasteiger partial charge >= 0.3 is 5.97 Å². The lowest BCUT2D eigenvalue weighted by atomic mass is 9.86. The molecule has 2 aromatic rings. The van der Waals surface area contributed by atoms with E-state index < -0.39 is 12.0 Å². The average molecular weight is 370 g/mol. The molecule has 1 amide bonds. The van der Waals surface area contributed by atoms with Gasteiger partial charge in [0.2, 0.25) is 6.10 Å². The Morgan fingerprint density at radius 3 is 2.63 bits per heavy atom. The van der Waals surface area contributed by atoms with Crippen molar-refractivity contribution in [1.29, 1.82) is 0 Å². The maximum atomic E-state index is 12.7. The lowest BCUT2D eigenvalue weighted by molar-refractivity contribution is -0.155. The van der Waals surface area contributed by atoms with E-state index in [4.69, 9.17) is 9.26 Å². The number of esters is 1. The van der Waals surface area contributed by atoms with Crippen molar-refractivity contribution in [2.24, 2.45) is 5.92 Å². The summed E-state index contributed by atoms with van der Waals surface area (Å²) in [5.74, 6) is 0.692. The number of hydrogen-bond acceptors (Lipinski definition) is 5. The first-order valence-electron chi connectivity index (χ1n) is 9.60. The molecular formula is C21H26N2O4. The SMILES string of the molecule is Cc1cc(NC(=O)C(OC(=O)CCC2CCCCC2)c2ccccc2)no1. The molecule has 1 aliphatic carbocycles. The number of carbonyl (C=O) groups excluding carboxylic acids is 2. The number of aryl methyl sites for hydroxylation is 1. The van der Waals surface area contributed by atoms with Gasteiger partial charge in [-0.3, -0.25) is 9.59 Å². The van der Waals surface area contributed by atoms with E-state index in [2.05, 4.69) is 10.5 Å². The minimum Gasteiger partial charge on any atom is -0.447 e. The van der Waals surface area contributed by atoms with Crippen LogP contribution in [-0.4, -0.2) is 17.0 Å². The van der Waals surface area contributed by atoms with Crippen LogP contribution in [0.25, 0.3) is 0 Å². The fraction of sp³-hybridized carbons (Fsp3) is 0.476. The number of benzene rings is 1. The molecule has 1 aromatic heterocycles. The van der Waals surface area contributed by atoms with Gasteiger partial charge in [0.25, 0.3) is 5.91 Å². The number of amides is 1. The van der Waals surface area contributed by atoms with Crippen molar-refractivity contribution in [1.82, 2.24) is 5.16 Å². The summed E-state index contributed by atoms with van der Waals surface area (Å²) in [6, 6.07) is 10.6. The number of nitrogens with zero attached hydrogens (tertiary/aromatic N) is 1. The van der Waals surface area contributed by atoms with Crippen molar-refractivity contribution in [2.75, 3.05) is 5.32 Å². The number of rotatable bonds is 7. The zero-order valence-corrected chi connectivity index (χ0v) is 15.6. The van der Waals surface area contributed by atoms with Crippen molar-refractivity contribution < 1.29 is 18.8 Å². The second-order valence-electron chi connectivity index (χ2n) is 7.14. The first-order chi connectivity index (χ1) is 13.1. The van der Waals surface area contributed by atoms with Crippen LogP contribution in [0, 0.1) is 12.8 Å². The molecule has 27 heavy (non-hydrogen) atoms. The second kappa shape index (κ2) is 9.35. The molecule has 0 radical (unpaired) electrons. The minimum atomic E-state index is -1.01. The van der Waals surface area contributed by atoms with Gasteiger partial charge in [-0.25, -0.2) is 0 Å². The molecule has 1 saturated carbocycles. The van der Waals surface area contributed by atoms with E-state index in [1.807, 2.05) is 18.2 Å². The van der Waals surface area contributed by atoms with Crippen molar-refractivity contribution in [2.45, 2.75) is 58.0 Å². The predicted molar refractivity (Wildman–Crippen MR) is 101 cm³/mol. The van der Waals surface area contributed by atoms with E-state index in [1.165, 1.54) is 32.1 Å². The van der Waals surface area contributed by atoms with E-state index >= 15 is 0 Å². The largest absolute Gasteiger partial charge is 0.447 e. The Kier molecular flexibility index (Phi) is 6.63. The maximum absolute atomic E-state index is 12.7. The lowest BCUT2D eigenvalue weighted by Crippen LogP contribution is -2.26. The van der Waals surface area contributed by atoms with E-state index in [0.29, 0.717) is 29.5 Å². The summed E-state index contributed by atoms with van der Waals surface area (Å²) in [6.45, 7) is 1.74. The molecule has 1 aliphatic rings. The first-order valence-corrected chi connectivity index (χ1v) is 9.60. The highest BCUT2D eigenvalue weighted by Crippen LogP contribution is 2.28. The fourth-order valence-electron chi connectivity index (χ4n) is 3.51. The van der Waals surface area contributed by atoms with Crippen LogP contribution >= 0.6 is 0 Å². The van der Waals surface area contributed by atoms with E-state index in [1.54, 1.807) is 25.1 Å². The molecule has 0 spiro atoms. The van der Waals surface area contributed by atoms with Crippen LogP contribution in [0.1, 0.15) is 62.4 Å². The van der Waals surface area contributed by atoms with Crippen LogP contribution < -0.4 is 5.32 Å². The Labute approximate surface area is 159 Å². The summed E-state index contributed by atoms with van der Waals surface area (Å²) in [5, 5.41) is 6.41. The Morgan fingerprint density at radius 1 is 1.22 bits per heavy atom. The molecule has 1 heterocycles. The molecule has 1 fully saturated rings. The monoisotopic (exact) mass is 370 g/mol. The minimum absolute atomic E-state index is 0.302. The number of aromatic nitrogens is 1. The van der Waals surface area contributed by atoms with Crippen LogP contribution in [0.5, 0.6) is 0 Å². The third-order valence-electron chi connectivity index (χ3n) is 4.95. The molecule has 144 valence electrons. The summed E-state index contributed by atoms with van der Waals surface area (Å²) in [4.78, 5) is 25.1. The van der Waals surface area contributed by atoms with Gasteiger partial charge in [0, 0.05) is 18.1 Å². The quantitative estimate of drug-likeness (QED) is 0.722. The number of carbonyl (C=O) groups is 2. The Balaban J connectivity index is 1.62. The van der Waals surface area contributed by atoms with Crippen LogP contribution in [0.2, 0.25) is 0 Å². The molecule has 0 bridgehead atoms. The number of hydrogen-bond donors (Lipinski definition) is 1. The fourth-order valence-corrected chi connectivity index (χ4v) is 3.51. The normalized spacial score (nSPS) is 15.9. The van der Waals surface area contributed by atoms with Gasteiger partial charge in [-0.1, -0.05) is 67.6 Å². The summed E-state index contributed by atoms with van der Waals surface area (Å²) < 4.78 is 10.5. The third kappa shape index (κ3) is 5.67. The van der Waals surface area contributed by atoms with Crippen LogP contribution in [0.3, 0.4) is 0 Å². The van der Waals surface area contributed by atoms with E-state index in [9.17, 15) is 9.59 Å². The topological polar surface area (TPSA) is 81.4 Å². The standard InChI is InChI=1S/C21H26N2O4/c1-15-14-18(23-27-15)22-21(25)20(17-10-6-3-7-11-17)26-19(24)13-12-16-8-4-2-5-9-16/h3,6-7,10-11,14,16,20H,2,4-5,8-9,12-13H2,1H3,(H,22,23,25). The highest BCUT2D eigenvalue weighted by molar-refractivity contribution is 5.95. The maximum Gasteiger partial charge on any atom is 0.306 e. The van der Waals surface area contributed by atoms with E-state index in [0.717, 1.165) is 6.42 Å². The zero-order valence-electron chi connectivity index (χ0n) is 15.6. The molecule has 0 saturated heterocycles. The molecule has 1 aromatic carbocycles. The van der Waals surface area contributed by atoms with Gasteiger partial charge in [-0.15, -0.1) is 0 Å². The van der Waals surface area contributed by atoms with Crippen molar-refractivity contribution in [3.05, 3.63) is 47.7 Å². The molecule has 1 N–H and O–H groups in total. The van der Waals surface area contributed by atoms with Gasteiger partial charge in [0.15, 0.2) is 5.82 Å². The molecule has 1 atom stereocenters. The van der Waals surface area contributed by atoms with Gasteiger partial charge in [-0.05, 0) is 19.3 Å². The van der Waals surface area contributed by atoms with Crippen LogP contribution in [0.15, 0.2) is 40.9 Å². The Bertz CT molecular complexity index is 751. The molecule has 1 unspecified atom stereocenters. The Hall–Kier alpha value is -2.63. The summed E-state index contributed by atoms with van der Waals surface area (Å²) in [5.41, 5.74) is 0.626. The average Bonchev–Trinajstić information content (AvgIpc) is 3.10. The molecule has 6 heteroatoms. The summed E-state index contributed by atoms with van der Waals surface area (Å²) in [6.07, 6.45) is 6.29. The smallest absolute Gasteiger partial charge is 0.306 e. The highest BCUT2D eigenvalue weighted by atomic mass is 16.5. The number of anilines is 1. The molecule has 0 aliphatic heterocycles. The van der Waals surface area contributed by atoms with Gasteiger partial charge in [0.05, 0.1) is 0 Å². The molecule has 3 rings (SSSR count). The predicted octanol–water partition coefficient (Wildman–Crippen LogP) is 4.57. The number of ether oxygens (including phenoxy) is 1. The zero-order chi connectivity index (χ0) is 19.1. The van der Waals surface area contributed by atoms with Gasteiger partial charge < -0.3 is 14.6 Å². The van der Waals surface area contributed by atoms with Crippen molar-refractivity contribution in [3.8, 4) is 0 Å². The van der Waals surface area contributed by atoms with Crippen LogP contribution in [0.4, 0.5) is 5.82 Å². The summed E-state index contributed by atoms with van der Waals surface area (Å²) >= 11 is 0. The Morgan fingerprint density at radius 2 is 1.96 bits per heavy atom. The summed E-state index contributed by atoms with van der Waals surface area (Å²) in [7, 11) is 0. The number of nitrogens with one attached hydrogen (secondary N) is 1. The van der Waals surface area contributed by atoms with E-state index in [-0.39, 0.29) is 5.97 Å². The van der Waals surface area contributed by atoms with Crippen molar-refractivity contribution in [3.63, 3.8) is 0 Å². The molecule has 6 nitrogen and oxygen atoms in total. The second-order valence-corrected chi connectivity index (χ2v) is 7.14. The first kappa shape index (κ1) is 19.1. The van der Waals surface area contributed by atoms with Crippen LogP contribution in [-0.2, 0) is 14.3 Å². The third-order valence-corrected chi connectivity index (χ3v) is 4.95. The van der Waals surface area contributed by atoms with Gasteiger partial charge in [-0.2, -0.15) is 0 Å². The highest BCUT2D eigenvalue weighted by Gasteiger charge is 2.26. The lowest BCUT2D eigenvalue weighted by Gasteiger charge is -2.22. The molecular weight excluding hydrogens is 344 g/mol.